The predicted octanol–water partition coefficient (Wildman–Crippen LogP) is -2.90. The minimum atomic E-state index is -5.90. The second-order valence-electron chi connectivity index (χ2n) is 2.58. The lowest BCUT2D eigenvalue weighted by molar-refractivity contribution is -0.144. The Morgan fingerprint density at radius 3 is 1.29 bits per heavy atom. The molecule has 13 heteroatoms. The van der Waals surface area contributed by atoms with Crippen molar-refractivity contribution in [1.29, 1.82) is 0 Å². The Hall–Kier alpha value is -0.474. The SMILES string of the molecule is O=C(O)CC(C(=O)O)(S(=O)(=O)O)S(=O)(=O)O.[MgH2]. The first-order chi connectivity index (χ1) is 6.86. The van der Waals surface area contributed by atoms with Gasteiger partial charge in [-0.25, -0.2) is 4.79 Å². The number of carboxylic acids is 2. The molecule has 4 N–H and O–H groups in total. The van der Waals surface area contributed by atoms with Gasteiger partial charge in [0.05, 0.1) is 6.42 Å². The van der Waals surface area contributed by atoms with E-state index in [0.717, 1.165) is 0 Å². The zero-order valence-electron chi connectivity index (χ0n) is 7.26. The summed E-state index contributed by atoms with van der Waals surface area (Å²) in [7, 11) is -11.8. The van der Waals surface area contributed by atoms with Crippen molar-refractivity contribution in [3.63, 3.8) is 0 Å². The molecular formula is C4H8MgO10S2. The molecule has 17 heavy (non-hydrogen) atoms. The fraction of sp³-hybridized carbons (Fsp3) is 0.500. The minimum absolute atomic E-state index is 0. The van der Waals surface area contributed by atoms with E-state index in [1.807, 2.05) is 0 Å². The molecule has 0 saturated carbocycles. The van der Waals surface area contributed by atoms with Crippen LogP contribution in [0.1, 0.15) is 6.42 Å². The van der Waals surface area contributed by atoms with E-state index in [2.05, 4.69) is 0 Å². The van der Waals surface area contributed by atoms with Crippen LogP contribution >= 0.6 is 0 Å². The lowest BCUT2D eigenvalue weighted by atomic mass is 10.3. The summed E-state index contributed by atoms with van der Waals surface area (Å²) < 4.78 is 55.3. The number of aliphatic carboxylic acids is 2. The van der Waals surface area contributed by atoms with E-state index in [4.69, 9.17) is 19.3 Å². The van der Waals surface area contributed by atoms with Gasteiger partial charge in [-0.3, -0.25) is 13.9 Å². The van der Waals surface area contributed by atoms with Gasteiger partial charge in [0.2, 0.25) is 0 Å². The number of carboxylic acid groups (broad SMARTS) is 2. The van der Waals surface area contributed by atoms with E-state index < -0.39 is 42.7 Å². The van der Waals surface area contributed by atoms with Crippen LogP contribution in [0.4, 0.5) is 0 Å². The van der Waals surface area contributed by atoms with Crippen LogP contribution < -0.4 is 0 Å². The largest absolute Gasteiger partial charge is 0.481 e. The van der Waals surface area contributed by atoms with Crippen LogP contribution in [0.5, 0.6) is 0 Å². The number of hydrogen-bond donors (Lipinski definition) is 4. The van der Waals surface area contributed by atoms with Crippen molar-refractivity contribution in [2.24, 2.45) is 0 Å². The minimum Gasteiger partial charge on any atom is -0.481 e. The van der Waals surface area contributed by atoms with Crippen molar-refractivity contribution in [1.82, 2.24) is 0 Å². The molecule has 0 aliphatic heterocycles. The Balaban J connectivity index is 0. The first kappa shape index (κ1) is 18.9. The lowest BCUT2D eigenvalue weighted by Gasteiger charge is -2.20. The summed E-state index contributed by atoms with van der Waals surface area (Å²) in [6.45, 7) is 0. The quantitative estimate of drug-likeness (QED) is 0.303. The number of carbonyl (C=O) groups is 2. The van der Waals surface area contributed by atoms with Crippen LogP contribution in [0.2, 0.25) is 0 Å². The second-order valence-corrected chi connectivity index (χ2v) is 6.13. The van der Waals surface area contributed by atoms with Gasteiger partial charge in [-0.15, -0.1) is 0 Å². The van der Waals surface area contributed by atoms with Crippen LogP contribution in [0.3, 0.4) is 0 Å². The molecule has 0 aliphatic rings. The highest BCUT2D eigenvalue weighted by atomic mass is 32.3. The molecule has 0 bridgehead atoms. The Labute approximate surface area is 111 Å². The monoisotopic (exact) mass is 304 g/mol. The number of rotatable bonds is 5. The first-order valence-electron chi connectivity index (χ1n) is 3.25. The van der Waals surface area contributed by atoms with Crippen LogP contribution in [-0.2, 0) is 29.8 Å². The van der Waals surface area contributed by atoms with E-state index in [0.29, 0.717) is 0 Å². The summed E-state index contributed by atoms with van der Waals surface area (Å²) in [6.07, 6.45) is -2.04. The molecule has 0 saturated heterocycles. The molecule has 98 valence electrons. The molecule has 0 aromatic rings. The topological polar surface area (TPSA) is 183 Å². The molecular weight excluding hydrogens is 296 g/mol. The van der Waals surface area contributed by atoms with E-state index in [1.54, 1.807) is 0 Å². The normalized spacial score (nSPS) is 12.6. The van der Waals surface area contributed by atoms with Crippen molar-refractivity contribution in [3.8, 4) is 0 Å². The summed E-state index contributed by atoms with van der Waals surface area (Å²) >= 11 is 0. The van der Waals surface area contributed by atoms with Crippen molar-refractivity contribution < 1.29 is 45.7 Å². The summed E-state index contributed by atoms with van der Waals surface area (Å²) in [6, 6.07) is 0. The van der Waals surface area contributed by atoms with Gasteiger partial charge in [0.25, 0.3) is 20.2 Å². The van der Waals surface area contributed by atoms with Crippen molar-refractivity contribution >= 4 is 55.2 Å². The summed E-state index contributed by atoms with van der Waals surface area (Å²) in [5, 5.41) is 16.6. The third kappa shape index (κ3) is 3.49. The van der Waals surface area contributed by atoms with Crippen LogP contribution in [0, 0.1) is 0 Å². The summed E-state index contributed by atoms with van der Waals surface area (Å²) in [5.74, 6) is -4.88. The highest BCUT2D eigenvalue weighted by Gasteiger charge is 2.63. The maximum Gasteiger partial charge on any atom is 0.346 e. The average molecular weight is 305 g/mol. The maximum absolute atomic E-state index is 10.6. The highest BCUT2D eigenvalue weighted by Crippen LogP contribution is 2.27. The van der Waals surface area contributed by atoms with Crippen LogP contribution in [-0.4, -0.2) is 75.2 Å². The lowest BCUT2D eigenvalue weighted by Crippen LogP contribution is -2.54. The highest BCUT2D eigenvalue weighted by molar-refractivity contribution is 8.06. The smallest absolute Gasteiger partial charge is 0.346 e. The van der Waals surface area contributed by atoms with Crippen LogP contribution in [0.25, 0.3) is 0 Å². The molecule has 10 nitrogen and oxygen atoms in total. The standard InChI is InChI=1S/C4H6O10S2.Mg.2H/c5-2(6)1-4(3(7)8,15(9,10)11)16(12,13)14;;;/h1H2,(H,5,6)(H,7,8)(H,9,10,11)(H,12,13,14);;;. The van der Waals surface area contributed by atoms with Gasteiger partial charge in [-0.05, 0) is 0 Å². The van der Waals surface area contributed by atoms with Gasteiger partial charge in [0, 0.05) is 0 Å². The van der Waals surface area contributed by atoms with Gasteiger partial charge in [0.15, 0.2) is 0 Å². The fourth-order valence-electron chi connectivity index (χ4n) is 0.811. The molecule has 0 radical (unpaired) electrons. The van der Waals surface area contributed by atoms with E-state index in [9.17, 15) is 26.4 Å². The van der Waals surface area contributed by atoms with E-state index in [1.165, 1.54) is 0 Å². The molecule has 0 aromatic carbocycles. The Kier molecular flexibility index (Phi) is 6.05. The molecule has 0 fully saturated rings. The molecule has 0 unspecified atom stereocenters. The predicted molar refractivity (Wildman–Crippen MR) is 54.3 cm³/mol. The van der Waals surface area contributed by atoms with Gasteiger partial charge in [0.1, 0.15) is 0 Å². The molecule has 0 aromatic heterocycles. The van der Waals surface area contributed by atoms with Crippen molar-refractivity contribution in [2.75, 3.05) is 0 Å². The molecule has 0 rings (SSSR count). The Morgan fingerprint density at radius 1 is 0.941 bits per heavy atom. The average Bonchev–Trinajstić information content (AvgIpc) is 1.93. The molecule has 0 heterocycles. The third-order valence-electron chi connectivity index (χ3n) is 1.54. The summed E-state index contributed by atoms with van der Waals surface area (Å²) in [4.78, 5) is 20.7. The van der Waals surface area contributed by atoms with Gasteiger partial charge >= 0.3 is 39.1 Å². The van der Waals surface area contributed by atoms with Crippen molar-refractivity contribution in [3.05, 3.63) is 0 Å². The zero-order valence-corrected chi connectivity index (χ0v) is 8.89. The van der Waals surface area contributed by atoms with Crippen LogP contribution in [0.15, 0.2) is 0 Å². The zero-order chi connectivity index (χ0) is 13.4. The third-order valence-corrected chi connectivity index (χ3v) is 5.11. The Bertz CT molecular complexity index is 483. The van der Waals surface area contributed by atoms with Gasteiger partial charge in [-0.1, -0.05) is 0 Å². The van der Waals surface area contributed by atoms with Gasteiger partial charge < -0.3 is 10.2 Å². The molecule has 0 spiro atoms. The molecule has 0 amide bonds. The molecule has 0 aliphatic carbocycles. The first-order valence-corrected chi connectivity index (χ1v) is 6.13. The number of hydrogen-bond acceptors (Lipinski definition) is 6. The van der Waals surface area contributed by atoms with Gasteiger partial charge in [-0.2, -0.15) is 16.8 Å². The van der Waals surface area contributed by atoms with E-state index >= 15 is 0 Å². The second kappa shape index (κ2) is 5.45. The maximum atomic E-state index is 10.6. The molecule has 0 atom stereocenters. The van der Waals surface area contributed by atoms with E-state index in [-0.39, 0.29) is 23.1 Å². The summed E-state index contributed by atoms with van der Waals surface area (Å²) in [5.41, 5.74) is 0. The fourth-order valence-corrected chi connectivity index (χ4v) is 2.93. The van der Waals surface area contributed by atoms with Crippen molar-refractivity contribution in [2.45, 2.75) is 10.5 Å². The Morgan fingerprint density at radius 2 is 1.24 bits per heavy atom.